The maximum Gasteiger partial charge on any atom is 0.416 e. The van der Waals surface area contributed by atoms with Crippen LogP contribution in [0.15, 0.2) is 69.6 Å². The van der Waals surface area contributed by atoms with Crippen molar-refractivity contribution >= 4 is 43.5 Å². The first-order valence-corrected chi connectivity index (χ1v) is 9.80. The number of rotatable bonds is 1. The van der Waals surface area contributed by atoms with Gasteiger partial charge in [0.2, 0.25) is 0 Å². The minimum atomic E-state index is -4.46. The number of ether oxygens (including phenoxy) is 1. The zero-order valence-electron chi connectivity index (χ0n) is 13.4. The molecule has 0 spiro atoms. The van der Waals surface area contributed by atoms with Crippen LogP contribution in [0.25, 0.3) is 0 Å². The third-order valence-electron chi connectivity index (χ3n) is 4.43. The van der Waals surface area contributed by atoms with Crippen molar-refractivity contribution in [3.63, 3.8) is 0 Å². The first-order valence-electron chi connectivity index (χ1n) is 7.84. The largest absolute Gasteiger partial charge is 0.457 e. The molecule has 0 saturated heterocycles. The molecule has 0 bridgehead atoms. The molecule has 0 aliphatic carbocycles. The van der Waals surface area contributed by atoms with Gasteiger partial charge in [0.15, 0.2) is 0 Å². The van der Waals surface area contributed by atoms with Gasteiger partial charge in [0.25, 0.3) is 0 Å². The Morgan fingerprint density at radius 3 is 1.89 bits per heavy atom. The first kappa shape index (κ1) is 18.8. The van der Waals surface area contributed by atoms with Crippen LogP contribution in [0, 0.1) is 0 Å². The summed E-state index contributed by atoms with van der Waals surface area (Å²) in [6.07, 6.45) is -4.46. The van der Waals surface area contributed by atoms with Gasteiger partial charge in [0.05, 0.1) is 5.56 Å². The van der Waals surface area contributed by atoms with E-state index in [1.807, 2.05) is 0 Å². The summed E-state index contributed by atoms with van der Waals surface area (Å²) in [5.41, 5.74) is 0.715. The average Bonchev–Trinajstić information content (AvgIpc) is 2.63. The topological polar surface area (TPSA) is 9.23 Å². The molecule has 0 unspecified atom stereocenters. The molecule has 1 aliphatic heterocycles. The Morgan fingerprint density at radius 1 is 0.815 bits per heavy atom. The summed E-state index contributed by atoms with van der Waals surface area (Å²) in [5.74, 6) is 1.00. The molecule has 3 aromatic carbocycles. The van der Waals surface area contributed by atoms with Crippen molar-refractivity contribution in [2.75, 3.05) is 0 Å². The van der Waals surface area contributed by atoms with E-state index in [9.17, 15) is 13.2 Å². The van der Waals surface area contributed by atoms with E-state index in [-0.39, 0.29) is 0 Å². The lowest BCUT2D eigenvalue weighted by Crippen LogP contribution is -2.27. The summed E-state index contributed by atoms with van der Waals surface area (Å²) in [6, 6.07) is 15.7. The molecule has 1 nitrogen and oxygen atoms in total. The number of hydrogen-bond donors (Lipinski definition) is 0. The number of alkyl halides is 4. The van der Waals surface area contributed by atoms with E-state index in [4.69, 9.17) is 16.3 Å². The second kappa shape index (κ2) is 6.54. The van der Waals surface area contributed by atoms with Crippen molar-refractivity contribution in [3.8, 4) is 11.5 Å². The maximum atomic E-state index is 13.3. The van der Waals surface area contributed by atoms with E-state index in [2.05, 4.69) is 31.9 Å². The van der Waals surface area contributed by atoms with E-state index in [0.29, 0.717) is 28.2 Å². The van der Waals surface area contributed by atoms with Gasteiger partial charge in [-0.2, -0.15) is 13.2 Å². The van der Waals surface area contributed by atoms with Crippen molar-refractivity contribution in [1.82, 2.24) is 0 Å². The zero-order chi connectivity index (χ0) is 19.4. The van der Waals surface area contributed by atoms with Crippen LogP contribution in [0.2, 0.25) is 0 Å². The van der Waals surface area contributed by atoms with Crippen LogP contribution in [0.1, 0.15) is 22.3 Å². The molecule has 1 heterocycles. The van der Waals surface area contributed by atoms with Crippen molar-refractivity contribution in [2.45, 2.75) is 11.1 Å². The SMILES string of the molecule is FC(F)(F)c1cccc(C2(Cl)c3cc(Br)ccc3Oc3ccc(Br)cc32)c1. The number of fused-ring (bicyclic) bond motifs is 2. The zero-order valence-corrected chi connectivity index (χ0v) is 17.4. The summed E-state index contributed by atoms with van der Waals surface area (Å²) in [6.45, 7) is 0. The van der Waals surface area contributed by atoms with E-state index in [0.717, 1.165) is 21.1 Å². The van der Waals surface area contributed by atoms with Crippen LogP contribution in [0.4, 0.5) is 13.2 Å². The molecule has 3 aromatic rings. The highest BCUT2D eigenvalue weighted by atomic mass is 79.9. The van der Waals surface area contributed by atoms with Crippen molar-refractivity contribution in [2.24, 2.45) is 0 Å². The molecule has 1 aliphatic rings. The second-order valence-corrected chi connectivity index (χ2v) is 8.52. The van der Waals surface area contributed by atoms with E-state index in [1.165, 1.54) is 6.07 Å². The van der Waals surface area contributed by atoms with Crippen LogP contribution in [-0.2, 0) is 11.1 Å². The standard InChI is InChI=1S/C20H10Br2ClF3O/c21-13-4-6-17-15(9-13)19(23,16-10-14(22)5-7-18(16)27-17)11-2-1-3-12(8-11)20(24,25)26/h1-10H. The molecule has 0 radical (unpaired) electrons. The summed E-state index contributed by atoms with van der Waals surface area (Å²) in [7, 11) is 0. The quantitative estimate of drug-likeness (QED) is 0.298. The normalized spacial score (nSPS) is 14.9. The highest BCUT2D eigenvalue weighted by molar-refractivity contribution is 9.10. The van der Waals surface area contributed by atoms with Gasteiger partial charge in [0.1, 0.15) is 16.4 Å². The lowest BCUT2D eigenvalue weighted by atomic mass is 9.81. The van der Waals surface area contributed by atoms with Gasteiger partial charge in [0, 0.05) is 20.1 Å². The van der Waals surface area contributed by atoms with Gasteiger partial charge < -0.3 is 4.74 Å². The highest BCUT2D eigenvalue weighted by Gasteiger charge is 2.43. The van der Waals surface area contributed by atoms with Crippen LogP contribution in [0.5, 0.6) is 11.5 Å². The molecule has 27 heavy (non-hydrogen) atoms. The van der Waals surface area contributed by atoms with Gasteiger partial charge in [-0.3, -0.25) is 0 Å². The number of hydrogen-bond acceptors (Lipinski definition) is 1. The van der Waals surface area contributed by atoms with Gasteiger partial charge >= 0.3 is 6.18 Å². The minimum absolute atomic E-state index is 0.320. The highest BCUT2D eigenvalue weighted by Crippen LogP contribution is 2.55. The summed E-state index contributed by atoms with van der Waals surface area (Å²) < 4.78 is 47.3. The Kier molecular flexibility index (Phi) is 4.56. The van der Waals surface area contributed by atoms with E-state index < -0.39 is 16.6 Å². The molecule has 7 heteroatoms. The smallest absolute Gasteiger partial charge is 0.416 e. The molecular formula is C20H10Br2ClF3O. The predicted molar refractivity (Wildman–Crippen MR) is 106 cm³/mol. The minimum Gasteiger partial charge on any atom is -0.457 e. The van der Waals surface area contributed by atoms with Gasteiger partial charge in [-0.1, -0.05) is 44.0 Å². The number of halogens is 6. The van der Waals surface area contributed by atoms with Crippen LogP contribution < -0.4 is 4.74 Å². The summed E-state index contributed by atoms with van der Waals surface area (Å²) in [4.78, 5) is -1.34. The second-order valence-electron chi connectivity index (χ2n) is 6.12. The maximum absolute atomic E-state index is 13.3. The van der Waals surface area contributed by atoms with Gasteiger partial charge in [-0.05, 0) is 54.1 Å². The Labute approximate surface area is 175 Å². The van der Waals surface area contributed by atoms with Crippen LogP contribution in [0.3, 0.4) is 0 Å². The summed E-state index contributed by atoms with van der Waals surface area (Å²) in [5, 5.41) is 0. The Morgan fingerprint density at radius 2 is 1.37 bits per heavy atom. The molecule has 138 valence electrons. The van der Waals surface area contributed by atoms with Crippen LogP contribution >= 0.6 is 43.5 Å². The molecule has 4 rings (SSSR count). The van der Waals surface area contributed by atoms with Crippen LogP contribution in [-0.4, -0.2) is 0 Å². The van der Waals surface area contributed by atoms with Gasteiger partial charge in [-0.15, -0.1) is 11.6 Å². The predicted octanol–water partition coefficient (Wildman–Crippen LogP) is 7.87. The fourth-order valence-electron chi connectivity index (χ4n) is 3.21. The third kappa shape index (κ3) is 3.18. The Bertz CT molecular complexity index is 998. The third-order valence-corrected chi connectivity index (χ3v) is 6.05. The fraction of sp³-hybridized carbons (Fsp3) is 0.100. The lowest BCUT2D eigenvalue weighted by molar-refractivity contribution is -0.137. The molecule has 0 amide bonds. The van der Waals surface area contributed by atoms with Gasteiger partial charge in [-0.25, -0.2) is 0 Å². The average molecular weight is 519 g/mol. The first-order chi connectivity index (χ1) is 12.7. The summed E-state index contributed by atoms with van der Waals surface area (Å²) >= 11 is 14.0. The Hall–Kier alpha value is -1.50. The molecular weight excluding hydrogens is 508 g/mol. The van der Waals surface area contributed by atoms with E-state index in [1.54, 1.807) is 42.5 Å². The fourth-order valence-corrected chi connectivity index (χ4v) is 4.34. The molecule has 0 N–H and O–H groups in total. The van der Waals surface area contributed by atoms with Crippen molar-refractivity contribution in [1.29, 1.82) is 0 Å². The molecule has 0 saturated carbocycles. The monoisotopic (exact) mass is 516 g/mol. The van der Waals surface area contributed by atoms with Crippen molar-refractivity contribution in [3.05, 3.63) is 91.9 Å². The number of benzene rings is 3. The Balaban J connectivity index is 2.04. The lowest BCUT2D eigenvalue weighted by Gasteiger charge is -2.36. The molecule has 0 fully saturated rings. The molecule has 0 aromatic heterocycles. The molecule has 0 atom stereocenters. The van der Waals surface area contributed by atoms with Crippen molar-refractivity contribution < 1.29 is 17.9 Å². The van der Waals surface area contributed by atoms with E-state index >= 15 is 0 Å².